The molecular weight excluding hydrogens is 240 g/mol. The van der Waals surface area contributed by atoms with Crippen molar-refractivity contribution in [1.29, 1.82) is 0 Å². The molecule has 0 aliphatic rings. The second-order valence-electron chi connectivity index (χ2n) is 3.65. The van der Waals surface area contributed by atoms with Crippen LogP contribution < -0.4 is 5.32 Å². The molecule has 106 valence electrons. The zero-order valence-electron chi connectivity index (χ0n) is 11.0. The fourth-order valence-electron chi connectivity index (χ4n) is 1.27. The van der Waals surface area contributed by atoms with Crippen molar-refractivity contribution in [3.8, 4) is 0 Å². The van der Waals surface area contributed by atoms with Crippen molar-refractivity contribution in [1.82, 2.24) is 10.2 Å². The fraction of sp³-hybridized carbons (Fsp3) is 0.818. The average molecular weight is 262 g/mol. The number of amides is 2. The SMILES string of the molecule is CCCN(CC(=O)O)C(=O)NCCOCCOC. The lowest BCUT2D eigenvalue weighted by Gasteiger charge is -2.20. The number of carbonyl (C=O) groups excluding carboxylic acids is 1. The molecule has 0 radical (unpaired) electrons. The van der Waals surface area contributed by atoms with E-state index in [2.05, 4.69) is 5.32 Å². The molecule has 2 N–H and O–H groups in total. The molecule has 0 aromatic carbocycles. The molecule has 0 aliphatic heterocycles. The molecule has 0 saturated heterocycles. The summed E-state index contributed by atoms with van der Waals surface area (Å²) in [6, 6.07) is -0.380. The Morgan fingerprint density at radius 1 is 1.28 bits per heavy atom. The Morgan fingerprint density at radius 2 is 2.00 bits per heavy atom. The van der Waals surface area contributed by atoms with Crippen molar-refractivity contribution in [2.24, 2.45) is 0 Å². The first kappa shape index (κ1) is 16.7. The highest BCUT2D eigenvalue weighted by Crippen LogP contribution is 1.92. The molecule has 0 aromatic rings. The van der Waals surface area contributed by atoms with Crippen LogP contribution in [0.3, 0.4) is 0 Å². The zero-order valence-corrected chi connectivity index (χ0v) is 11.0. The van der Waals surface area contributed by atoms with Gasteiger partial charge in [-0.15, -0.1) is 0 Å². The number of methoxy groups -OCH3 is 1. The summed E-state index contributed by atoms with van der Waals surface area (Å²) in [4.78, 5) is 23.5. The second kappa shape index (κ2) is 10.8. The van der Waals surface area contributed by atoms with Crippen molar-refractivity contribution >= 4 is 12.0 Å². The van der Waals surface area contributed by atoms with Crippen molar-refractivity contribution in [3.05, 3.63) is 0 Å². The van der Waals surface area contributed by atoms with E-state index in [1.54, 1.807) is 7.11 Å². The molecular formula is C11H22N2O5. The number of hydrogen-bond donors (Lipinski definition) is 2. The fourth-order valence-corrected chi connectivity index (χ4v) is 1.27. The van der Waals surface area contributed by atoms with Gasteiger partial charge in [-0.05, 0) is 6.42 Å². The van der Waals surface area contributed by atoms with Gasteiger partial charge in [0.1, 0.15) is 6.54 Å². The van der Waals surface area contributed by atoms with Gasteiger partial charge in [0, 0.05) is 20.2 Å². The van der Waals surface area contributed by atoms with Gasteiger partial charge in [-0.3, -0.25) is 4.79 Å². The molecule has 0 atom stereocenters. The van der Waals surface area contributed by atoms with E-state index in [1.807, 2.05) is 6.92 Å². The highest BCUT2D eigenvalue weighted by molar-refractivity contribution is 5.80. The quantitative estimate of drug-likeness (QED) is 0.547. The van der Waals surface area contributed by atoms with Gasteiger partial charge in [0.2, 0.25) is 0 Å². The number of carboxylic acids is 1. The summed E-state index contributed by atoms with van der Waals surface area (Å²) in [6.45, 7) is 3.72. The normalized spacial score (nSPS) is 10.1. The van der Waals surface area contributed by atoms with Gasteiger partial charge < -0.3 is 24.8 Å². The van der Waals surface area contributed by atoms with Crippen LogP contribution in [0, 0.1) is 0 Å². The third-order valence-corrected chi connectivity index (χ3v) is 2.06. The summed E-state index contributed by atoms with van der Waals surface area (Å²) in [6.07, 6.45) is 0.713. The van der Waals surface area contributed by atoms with E-state index in [9.17, 15) is 9.59 Å². The molecule has 18 heavy (non-hydrogen) atoms. The van der Waals surface area contributed by atoms with Crippen LogP contribution in [0.2, 0.25) is 0 Å². The maximum absolute atomic E-state index is 11.6. The lowest BCUT2D eigenvalue weighted by atomic mass is 10.4. The summed E-state index contributed by atoms with van der Waals surface area (Å²) in [7, 11) is 1.58. The number of carbonyl (C=O) groups is 2. The van der Waals surface area contributed by atoms with Gasteiger partial charge in [-0.1, -0.05) is 6.92 Å². The zero-order chi connectivity index (χ0) is 13.8. The van der Waals surface area contributed by atoms with Crippen LogP contribution in [-0.2, 0) is 14.3 Å². The van der Waals surface area contributed by atoms with Crippen LogP contribution in [0.5, 0.6) is 0 Å². The van der Waals surface area contributed by atoms with Crippen molar-refractivity contribution in [2.45, 2.75) is 13.3 Å². The second-order valence-corrected chi connectivity index (χ2v) is 3.65. The van der Waals surface area contributed by atoms with E-state index >= 15 is 0 Å². The Morgan fingerprint density at radius 3 is 2.56 bits per heavy atom. The van der Waals surface area contributed by atoms with E-state index in [1.165, 1.54) is 4.90 Å². The Balaban J connectivity index is 3.77. The summed E-state index contributed by atoms with van der Waals surface area (Å²) in [5.74, 6) is -1.02. The summed E-state index contributed by atoms with van der Waals surface area (Å²) in [5, 5.41) is 11.3. The molecule has 0 bridgehead atoms. The number of nitrogens with one attached hydrogen (secondary N) is 1. The number of hydrogen-bond acceptors (Lipinski definition) is 4. The molecule has 0 spiro atoms. The number of nitrogens with zero attached hydrogens (tertiary/aromatic N) is 1. The smallest absolute Gasteiger partial charge is 0.323 e. The van der Waals surface area contributed by atoms with Crippen molar-refractivity contribution in [2.75, 3.05) is 46.6 Å². The number of carboxylic acid groups (broad SMARTS) is 1. The minimum atomic E-state index is -1.02. The molecule has 2 amide bonds. The van der Waals surface area contributed by atoms with Gasteiger partial charge >= 0.3 is 12.0 Å². The molecule has 7 heteroatoms. The van der Waals surface area contributed by atoms with Crippen LogP contribution in [0.1, 0.15) is 13.3 Å². The van der Waals surface area contributed by atoms with E-state index in [-0.39, 0.29) is 12.6 Å². The van der Waals surface area contributed by atoms with Crippen LogP contribution >= 0.6 is 0 Å². The first-order chi connectivity index (χ1) is 8.61. The Kier molecular flexibility index (Phi) is 9.99. The molecule has 0 aliphatic carbocycles. The van der Waals surface area contributed by atoms with Crippen molar-refractivity contribution in [3.63, 3.8) is 0 Å². The van der Waals surface area contributed by atoms with Crippen LogP contribution in [0.15, 0.2) is 0 Å². The first-order valence-corrected chi connectivity index (χ1v) is 5.93. The molecule has 0 fully saturated rings. The maximum atomic E-state index is 11.6. The van der Waals surface area contributed by atoms with Gasteiger partial charge in [-0.2, -0.15) is 0 Å². The molecule has 0 rings (SSSR count). The van der Waals surface area contributed by atoms with Gasteiger partial charge in [0.25, 0.3) is 0 Å². The Hall–Kier alpha value is -1.34. The average Bonchev–Trinajstić information content (AvgIpc) is 2.32. The van der Waals surface area contributed by atoms with E-state index in [4.69, 9.17) is 14.6 Å². The third kappa shape index (κ3) is 8.77. The topological polar surface area (TPSA) is 88.1 Å². The molecule has 0 aromatic heterocycles. The number of rotatable bonds is 10. The largest absolute Gasteiger partial charge is 0.480 e. The van der Waals surface area contributed by atoms with Gasteiger partial charge in [-0.25, -0.2) is 4.79 Å². The highest BCUT2D eigenvalue weighted by Gasteiger charge is 2.14. The van der Waals surface area contributed by atoms with Crippen LogP contribution in [0.25, 0.3) is 0 Å². The van der Waals surface area contributed by atoms with Crippen molar-refractivity contribution < 1.29 is 24.2 Å². The Labute approximate surface area is 107 Å². The molecule has 7 nitrogen and oxygen atoms in total. The predicted molar refractivity (Wildman–Crippen MR) is 65.6 cm³/mol. The number of ether oxygens (including phenoxy) is 2. The monoisotopic (exact) mass is 262 g/mol. The van der Waals surface area contributed by atoms with E-state index in [0.29, 0.717) is 39.3 Å². The molecule has 0 saturated carbocycles. The van der Waals surface area contributed by atoms with Gasteiger partial charge in [0.05, 0.1) is 19.8 Å². The lowest BCUT2D eigenvalue weighted by Crippen LogP contribution is -2.44. The lowest BCUT2D eigenvalue weighted by molar-refractivity contribution is -0.137. The van der Waals surface area contributed by atoms with E-state index < -0.39 is 5.97 Å². The first-order valence-electron chi connectivity index (χ1n) is 5.93. The number of aliphatic carboxylic acids is 1. The summed E-state index contributed by atoms with van der Waals surface area (Å²) >= 11 is 0. The minimum absolute atomic E-state index is 0.287. The van der Waals surface area contributed by atoms with E-state index in [0.717, 1.165) is 0 Å². The number of urea groups is 1. The standard InChI is InChI=1S/C11H22N2O5/c1-3-5-13(9-10(14)15)11(16)12-4-6-18-8-7-17-2/h3-9H2,1-2H3,(H,12,16)(H,14,15). The highest BCUT2D eigenvalue weighted by atomic mass is 16.5. The van der Waals surface area contributed by atoms with Gasteiger partial charge in [0.15, 0.2) is 0 Å². The molecule has 0 heterocycles. The van der Waals surface area contributed by atoms with Crippen LogP contribution in [-0.4, -0.2) is 68.6 Å². The predicted octanol–water partition coefficient (Wildman–Crippen LogP) is 0.156. The van der Waals surface area contributed by atoms with Crippen LogP contribution in [0.4, 0.5) is 4.79 Å². The molecule has 0 unspecified atom stereocenters. The summed E-state index contributed by atoms with van der Waals surface area (Å²) < 4.78 is 9.97. The third-order valence-electron chi connectivity index (χ3n) is 2.06. The summed E-state index contributed by atoms with van der Waals surface area (Å²) in [5.41, 5.74) is 0. The maximum Gasteiger partial charge on any atom is 0.323 e. The Bertz CT molecular complexity index is 248. The minimum Gasteiger partial charge on any atom is -0.480 e.